The topological polar surface area (TPSA) is 50.1 Å². The van der Waals surface area contributed by atoms with Crippen molar-refractivity contribution in [1.29, 1.82) is 5.26 Å². The van der Waals surface area contributed by atoms with Crippen molar-refractivity contribution in [3.05, 3.63) is 0 Å². The number of carbonyl (C=O) groups is 1. The molecule has 1 unspecified atom stereocenters. The molecule has 0 radical (unpaired) electrons. The minimum atomic E-state index is -1.07. The highest BCUT2D eigenvalue weighted by Gasteiger charge is 2.15. The first-order chi connectivity index (χ1) is 4.63. The molecule has 0 aromatic rings. The van der Waals surface area contributed by atoms with E-state index in [0.717, 1.165) is 0 Å². The zero-order chi connectivity index (χ0) is 8.15. The summed E-state index contributed by atoms with van der Waals surface area (Å²) < 4.78 is 4.17. The lowest BCUT2D eigenvalue weighted by Crippen LogP contribution is -2.20. The van der Waals surface area contributed by atoms with Crippen molar-refractivity contribution >= 4 is 35.0 Å². The van der Waals surface area contributed by atoms with E-state index in [0.29, 0.717) is 0 Å². The molecule has 0 aromatic carbocycles. The summed E-state index contributed by atoms with van der Waals surface area (Å²) >= 11 is 8.90. The second-order valence-corrected chi connectivity index (χ2v) is 2.54. The fraction of sp³-hybridized carbons (Fsp3) is 0.400. The number of hydrogen-bond acceptors (Lipinski definition) is 5. The molecule has 54 valence electrons. The van der Waals surface area contributed by atoms with E-state index in [4.69, 9.17) is 5.26 Å². The molecule has 0 saturated carbocycles. The van der Waals surface area contributed by atoms with Gasteiger partial charge in [-0.25, -0.2) is 0 Å². The fourth-order valence-electron chi connectivity index (χ4n) is 0.319. The molecule has 10 heavy (non-hydrogen) atoms. The van der Waals surface area contributed by atoms with Gasteiger partial charge in [0.2, 0.25) is 0 Å². The number of rotatable bonds is 2. The molecule has 0 heterocycles. The first-order valence-corrected chi connectivity index (χ1v) is 3.13. The molecule has 0 spiro atoms. The molecular weight excluding hydrogens is 170 g/mol. The smallest absolute Gasteiger partial charge is 0.325 e. The van der Waals surface area contributed by atoms with E-state index < -0.39 is 11.9 Å². The van der Waals surface area contributed by atoms with Crippen molar-refractivity contribution in [1.82, 2.24) is 0 Å². The van der Waals surface area contributed by atoms with E-state index >= 15 is 0 Å². The lowest BCUT2D eigenvalue weighted by Gasteiger charge is -2.08. The van der Waals surface area contributed by atoms with Crippen LogP contribution in [0.3, 0.4) is 0 Å². The first kappa shape index (κ1) is 9.27. The van der Waals surface area contributed by atoms with E-state index in [1.165, 1.54) is 7.11 Å². The van der Waals surface area contributed by atoms with Crippen LogP contribution >= 0.6 is 12.2 Å². The third-order valence-corrected chi connectivity index (χ3v) is 1.27. The molecule has 0 bridgehead atoms. The molecule has 0 aromatic heterocycles. The first-order valence-electron chi connectivity index (χ1n) is 2.31. The van der Waals surface area contributed by atoms with Crippen LogP contribution in [0, 0.1) is 17.2 Å². The largest absolute Gasteiger partial charge is 0.468 e. The maximum absolute atomic E-state index is 10.6. The monoisotopic (exact) mass is 174 g/mol. The standard InChI is InChI=1S/C5H5NO2S2/c1-8-4(7)3(2-6)5(9)10/h3H,1H3,(H,9,10)/p-1. The molecule has 3 nitrogen and oxygen atoms in total. The number of methoxy groups -OCH3 is 1. The van der Waals surface area contributed by atoms with Crippen molar-refractivity contribution in [3.8, 4) is 6.07 Å². The Morgan fingerprint density at radius 3 is 2.50 bits per heavy atom. The van der Waals surface area contributed by atoms with Crippen molar-refractivity contribution in [2.45, 2.75) is 0 Å². The van der Waals surface area contributed by atoms with Gasteiger partial charge in [0.1, 0.15) is 0 Å². The van der Waals surface area contributed by atoms with Crippen LogP contribution in [-0.4, -0.2) is 17.3 Å². The summed E-state index contributed by atoms with van der Waals surface area (Å²) in [5.41, 5.74) is 0. The van der Waals surface area contributed by atoms with Gasteiger partial charge in [0, 0.05) is 0 Å². The van der Waals surface area contributed by atoms with Gasteiger partial charge in [0.15, 0.2) is 5.92 Å². The summed E-state index contributed by atoms with van der Waals surface area (Å²) in [4.78, 5) is 10.6. The quantitative estimate of drug-likeness (QED) is 0.339. The number of hydrogen-bond donors (Lipinski definition) is 0. The van der Waals surface area contributed by atoms with Gasteiger partial charge in [-0.2, -0.15) is 5.26 Å². The fourth-order valence-corrected chi connectivity index (χ4v) is 0.617. The van der Waals surface area contributed by atoms with E-state index in [1.807, 2.05) is 0 Å². The van der Waals surface area contributed by atoms with E-state index in [1.54, 1.807) is 6.07 Å². The summed E-state index contributed by atoms with van der Waals surface area (Å²) in [5, 5.41) is 8.29. The Balaban J connectivity index is 4.25. The Kier molecular flexibility index (Phi) is 3.84. The molecule has 0 saturated heterocycles. The SMILES string of the molecule is COC(=O)C(C#N)C(=S)[S-]. The summed E-state index contributed by atoms with van der Waals surface area (Å²) in [6, 6.07) is 1.63. The summed E-state index contributed by atoms with van der Waals surface area (Å²) in [6.07, 6.45) is 0. The zero-order valence-corrected chi connectivity index (χ0v) is 6.79. The van der Waals surface area contributed by atoms with Crippen molar-refractivity contribution in [2.24, 2.45) is 5.92 Å². The van der Waals surface area contributed by atoms with Crippen LogP contribution in [0.5, 0.6) is 0 Å². The predicted molar refractivity (Wildman–Crippen MR) is 41.1 cm³/mol. The van der Waals surface area contributed by atoms with Gasteiger partial charge in [0.05, 0.1) is 13.2 Å². The number of thiocarbonyl (C=S) groups is 1. The molecule has 0 amide bonds. The molecule has 0 aliphatic rings. The Labute approximate surface area is 69.4 Å². The van der Waals surface area contributed by atoms with Crippen LogP contribution < -0.4 is 0 Å². The molecule has 0 rings (SSSR count). The van der Waals surface area contributed by atoms with E-state index in [9.17, 15) is 4.79 Å². The summed E-state index contributed by atoms with van der Waals surface area (Å²) in [6.45, 7) is 0. The maximum Gasteiger partial charge on any atom is 0.325 e. The van der Waals surface area contributed by atoms with Crippen LogP contribution in [0.15, 0.2) is 0 Å². The summed E-state index contributed by atoms with van der Waals surface area (Å²) in [5.74, 6) is -1.77. The van der Waals surface area contributed by atoms with Crippen LogP contribution in [0.2, 0.25) is 0 Å². The number of carbonyl (C=O) groups excluding carboxylic acids is 1. The number of esters is 1. The summed E-state index contributed by atoms with van der Waals surface area (Å²) in [7, 11) is 1.18. The molecule has 0 N–H and O–H groups in total. The molecular formula is C5H4NO2S2-. The molecule has 0 aliphatic carbocycles. The second-order valence-electron chi connectivity index (χ2n) is 1.40. The Morgan fingerprint density at radius 1 is 1.90 bits per heavy atom. The highest BCUT2D eigenvalue weighted by molar-refractivity contribution is 8.00. The van der Waals surface area contributed by atoms with Crippen LogP contribution in [0.25, 0.3) is 0 Å². The van der Waals surface area contributed by atoms with Gasteiger partial charge in [-0.15, -0.1) is 4.20 Å². The average molecular weight is 174 g/mol. The normalized spacial score (nSPS) is 11.2. The lowest BCUT2D eigenvalue weighted by atomic mass is 10.2. The minimum absolute atomic E-state index is 0.0747. The van der Waals surface area contributed by atoms with Gasteiger partial charge in [-0.1, -0.05) is 0 Å². The number of nitriles is 1. The Morgan fingerprint density at radius 2 is 2.40 bits per heavy atom. The van der Waals surface area contributed by atoms with E-state index in [-0.39, 0.29) is 4.20 Å². The van der Waals surface area contributed by atoms with Crippen molar-refractivity contribution in [2.75, 3.05) is 7.11 Å². The zero-order valence-electron chi connectivity index (χ0n) is 5.16. The Hall–Kier alpha value is -0.730. The highest BCUT2D eigenvalue weighted by Crippen LogP contribution is 1.99. The van der Waals surface area contributed by atoms with Gasteiger partial charge >= 0.3 is 5.97 Å². The lowest BCUT2D eigenvalue weighted by molar-refractivity contribution is -0.141. The third kappa shape index (κ3) is 2.25. The molecule has 1 atom stereocenters. The van der Waals surface area contributed by atoms with Gasteiger partial charge in [0.25, 0.3) is 0 Å². The number of ether oxygens (including phenoxy) is 1. The van der Waals surface area contributed by atoms with Crippen molar-refractivity contribution in [3.63, 3.8) is 0 Å². The van der Waals surface area contributed by atoms with Crippen LogP contribution in [0.1, 0.15) is 0 Å². The van der Waals surface area contributed by atoms with Crippen LogP contribution in [-0.2, 0) is 22.2 Å². The van der Waals surface area contributed by atoms with E-state index in [2.05, 4.69) is 29.6 Å². The Bertz CT molecular complexity index is 196. The van der Waals surface area contributed by atoms with Gasteiger partial charge in [-0.3, -0.25) is 4.79 Å². The molecule has 0 fully saturated rings. The second kappa shape index (κ2) is 4.14. The van der Waals surface area contributed by atoms with Crippen molar-refractivity contribution < 1.29 is 9.53 Å². The highest BCUT2D eigenvalue weighted by atomic mass is 32.1. The van der Waals surface area contributed by atoms with Crippen LogP contribution in [0.4, 0.5) is 0 Å². The molecule has 5 heteroatoms. The van der Waals surface area contributed by atoms with Gasteiger partial charge < -0.3 is 29.6 Å². The maximum atomic E-state index is 10.6. The van der Waals surface area contributed by atoms with Gasteiger partial charge in [-0.05, 0) is 0 Å². The predicted octanol–water partition coefficient (Wildman–Crippen LogP) is 0.173. The number of nitrogens with zero attached hydrogens (tertiary/aromatic N) is 1. The average Bonchev–Trinajstić information content (AvgIpc) is 1.88. The third-order valence-electron chi connectivity index (χ3n) is 0.802. The molecule has 0 aliphatic heterocycles. The minimum Gasteiger partial charge on any atom is -0.468 e.